The van der Waals surface area contributed by atoms with Gasteiger partial charge in [0, 0.05) is 0 Å². The van der Waals surface area contributed by atoms with E-state index in [1.165, 1.54) is 20.3 Å². The third-order valence-corrected chi connectivity index (χ3v) is 4.36. The SMILES string of the molecule is COc1ccc(OC)c(C(=O)CSc2nnc(-c3ccccc3F)o2)c1. The van der Waals surface area contributed by atoms with Gasteiger partial charge in [-0.2, -0.15) is 0 Å². The monoisotopic (exact) mass is 374 g/mol. The first-order valence-electron chi connectivity index (χ1n) is 7.59. The zero-order valence-corrected chi connectivity index (χ0v) is 14.9. The van der Waals surface area contributed by atoms with Crippen molar-refractivity contribution in [1.29, 1.82) is 0 Å². The molecule has 3 rings (SSSR count). The number of benzene rings is 2. The lowest BCUT2D eigenvalue weighted by Gasteiger charge is -2.08. The average molecular weight is 374 g/mol. The Hall–Kier alpha value is -2.87. The summed E-state index contributed by atoms with van der Waals surface area (Å²) in [6.45, 7) is 0. The number of carbonyl (C=O) groups excluding carboxylic acids is 1. The maximum Gasteiger partial charge on any atom is 0.277 e. The van der Waals surface area contributed by atoms with Gasteiger partial charge in [-0.1, -0.05) is 23.9 Å². The van der Waals surface area contributed by atoms with Gasteiger partial charge in [0.1, 0.15) is 17.3 Å². The zero-order chi connectivity index (χ0) is 18.5. The van der Waals surface area contributed by atoms with Crippen LogP contribution in [0.4, 0.5) is 4.39 Å². The number of carbonyl (C=O) groups is 1. The number of rotatable bonds is 7. The largest absolute Gasteiger partial charge is 0.497 e. The number of nitrogens with zero attached hydrogens (tertiary/aromatic N) is 2. The summed E-state index contributed by atoms with van der Waals surface area (Å²) < 4.78 is 29.5. The Bertz CT molecular complexity index is 929. The maximum absolute atomic E-state index is 13.8. The molecule has 0 fully saturated rings. The molecule has 26 heavy (non-hydrogen) atoms. The number of Topliss-reactive ketones (excluding diaryl/α,β-unsaturated/α-hetero) is 1. The first kappa shape index (κ1) is 17.9. The molecule has 1 aromatic heterocycles. The summed E-state index contributed by atoms with van der Waals surface area (Å²) in [4.78, 5) is 12.5. The summed E-state index contributed by atoms with van der Waals surface area (Å²) in [5.74, 6) is 0.494. The molecule has 0 saturated heterocycles. The fourth-order valence-corrected chi connectivity index (χ4v) is 2.90. The van der Waals surface area contributed by atoms with E-state index in [2.05, 4.69) is 10.2 Å². The van der Waals surface area contributed by atoms with E-state index in [4.69, 9.17) is 13.9 Å². The Morgan fingerprint density at radius 1 is 1.15 bits per heavy atom. The van der Waals surface area contributed by atoms with Crippen molar-refractivity contribution in [2.75, 3.05) is 20.0 Å². The van der Waals surface area contributed by atoms with Gasteiger partial charge in [0.15, 0.2) is 5.78 Å². The summed E-state index contributed by atoms with van der Waals surface area (Å²) >= 11 is 1.07. The average Bonchev–Trinajstić information content (AvgIpc) is 3.14. The minimum absolute atomic E-state index is 0.0580. The van der Waals surface area contributed by atoms with Crippen molar-refractivity contribution >= 4 is 17.5 Å². The number of hydrogen-bond donors (Lipinski definition) is 0. The summed E-state index contributed by atoms with van der Waals surface area (Å²) in [5, 5.41) is 7.85. The lowest BCUT2D eigenvalue weighted by atomic mass is 10.1. The summed E-state index contributed by atoms with van der Waals surface area (Å²) in [5.41, 5.74) is 0.612. The highest BCUT2D eigenvalue weighted by Gasteiger charge is 2.17. The second-order valence-electron chi connectivity index (χ2n) is 5.13. The smallest absolute Gasteiger partial charge is 0.277 e. The van der Waals surface area contributed by atoms with Crippen molar-refractivity contribution in [3.63, 3.8) is 0 Å². The lowest BCUT2D eigenvalue weighted by Crippen LogP contribution is -2.05. The molecule has 0 spiro atoms. The molecule has 6 nitrogen and oxygen atoms in total. The molecule has 0 aliphatic rings. The number of halogens is 1. The third kappa shape index (κ3) is 3.85. The molecule has 0 radical (unpaired) electrons. The molecule has 0 unspecified atom stereocenters. The molecule has 1 heterocycles. The van der Waals surface area contributed by atoms with E-state index in [1.807, 2.05) is 0 Å². The summed E-state index contributed by atoms with van der Waals surface area (Å²) in [6.07, 6.45) is 0. The first-order chi connectivity index (χ1) is 12.6. The number of ether oxygens (including phenoxy) is 2. The fourth-order valence-electron chi connectivity index (χ4n) is 2.25. The van der Waals surface area contributed by atoms with E-state index >= 15 is 0 Å². The van der Waals surface area contributed by atoms with Crippen molar-refractivity contribution in [1.82, 2.24) is 10.2 Å². The van der Waals surface area contributed by atoms with Gasteiger partial charge >= 0.3 is 0 Å². The predicted molar refractivity (Wildman–Crippen MR) is 94.3 cm³/mol. The van der Waals surface area contributed by atoms with Gasteiger partial charge in [-0.25, -0.2) is 4.39 Å². The molecule has 0 amide bonds. The number of thioether (sulfide) groups is 1. The Morgan fingerprint density at radius 2 is 1.96 bits per heavy atom. The normalized spacial score (nSPS) is 10.6. The predicted octanol–water partition coefficient (Wildman–Crippen LogP) is 3.87. The molecular weight excluding hydrogens is 359 g/mol. The molecule has 0 saturated carbocycles. The quantitative estimate of drug-likeness (QED) is 0.459. The summed E-state index contributed by atoms with van der Waals surface area (Å²) in [7, 11) is 3.01. The molecule has 0 N–H and O–H groups in total. The van der Waals surface area contributed by atoms with Crippen LogP contribution >= 0.6 is 11.8 Å². The van der Waals surface area contributed by atoms with Crippen LogP contribution < -0.4 is 9.47 Å². The molecule has 0 bridgehead atoms. The highest BCUT2D eigenvalue weighted by atomic mass is 32.2. The standard InChI is InChI=1S/C18H15FN2O4S/c1-23-11-7-8-16(24-2)13(9-11)15(22)10-26-18-21-20-17(25-18)12-5-3-4-6-14(12)19/h3-9H,10H2,1-2H3. The number of ketones is 1. The van der Waals surface area contributed by atoms with Crippen LogP contribution in [0.2, 0.25) is 0 Å². The third-order valence-electron chi connectivity index (χ3n) is 3.54. The minimum Gasteiger partial charge on any atom is -0.497 e. The van der Waals surface area contributed by atoms with Crippen LogP contribution in [0, 0.1) is 5.82 Å². The van der Waals surface area contributed by atoms with Crippen LogP contribution in [-0.4, -0.2) is 36.0 Å². The van der Waals surface area contributed by atoms with E-state index < -0.39 is 5.82 Å². The van der Waals surface area contributed by atoms with Gasteiger partial charge < -0.3 is 13.9 Å². The highest BCUT2D eigenvalue weighted by Crippen LogP contribution is 2.28. The lowest BCUT2D eigenvalue weighted by molar-refractivity contribution is 0.101. The van der Waals surface area contributed by atoms with Gasteiger partial charge in [-0.15, -0.1) is 10.2 Å². The zero-order valence-electron chi connectivity index (χ0n) is 14.1. The Balaban J connectivity index is 1.72. The van der Waals surface area contributed by atoms with E-state index in [0.717, 1.165) is 11.8 Å². The molecule has 2 aromatic carbocycles. The van der Waals surface area contributed by atoms with E-state index in [-0.39, 0.29) is 28.2 Å². The van der Waals surface area contributed by atoms with Crippen LogP contribution in [0.25, 0.3) is 11.5 Å². The molecular formula is C18H15FN2O4S. The van der Waals surface area contributed by atoms with Crippen molar-refractivity contribution in [3.05, 3.63) is 53.8 Å². The van der Waals surface area contributed by atoms with Crippen LogP contribution in [0.5, 0.6) is 11.5 Å². The van der Waals surface area contributed by atoms with Gasteiger partial charge in [0.25, 0.3) is 11.1 Å². The van der Waals surface area contributed by atoms with Crippen molar-refractivity contribution < 1.29 is 23.1 Å². The van der Waals surface area contributed by atoms with E-state index in [9.17, 15) is 9.18 Å². The molecule has 0 aliphatic carbocycles. The van der Waals surface area contributed by atoms with Gasteiger partial charge in [0.2, 0.25) is 0 Å². The molecule has 8 heteroatoms. The van der Waals surface area contributed by atoms with Gasteiger partial charge in [0.05, 0.1) is 31.1 Å². The number of aromatic nitrogens is 2. The van der Waals surface area contributed by atoms with Crippen molar-refractivity contribution in [2.24, 2.45) is 0 Å². The van der Waals surface area contributed by atoms with Crippen molar-refractivity contribution in [2.45, 2.75) is 5.22 Å². The molecule has 0 aliphatic heterocycles. The summed E-state index contributed by atoms with van der Waals surface area (Å²) in [6, 6.07) is 11.1. The number of hydrogen-bond acceptors (Lipinski definition) is 7. The molecule has 134 valence electrons. The van der Waals surface area contributed by atoms with Crippen LogP contribution in [0.15, 0.2) is 52.1 Å². The Morgan fingerprint density at radius 3 is 2.69 bits per heavy atom. The fraction of sp³-hybridized carbons (Fsp3) is 0.167. The van der Waals surface area contributed by atoms with Crippen LogP contribution in [0.1, 0.15) is 10.4 Å². The number of methoxy groups -OCH3 is 2. The molecule has 3 aromatic rings. The van der Waals surface area contributed by atoms with E-state index in [1.54, 1.807) is 36.4 Å². The van der Waals surface area contributed by atoms with Crippen LogP contribution in [0.3, 0.4) is 0 Å². The highest BCUT2D eigenvalue weighted by molar-refractivity contribution is 7.99. The van der Waals surface area contributed by atoms with Gasteiger partial charge in [-0.05, 0) is 30.3 Å². The Kier molecular flexibility index (Phi) is 5.52. The first-order valence-corrected chi connectivity index (χ1v) is 8.57. The van der Waals surface area contributed by atoms with Crippen molar-refractivity contribution in [3.8, 4) is 23.0 Å². The minimum atomic E-state index is -0.454. The van der Waals surface area contributed by atoms with Gasteiger partial charge in [-0.3, -0.25) is 4.79 Å². The molecule has 0 atom stereocenters. The van der Waals surface area contributed by atoms with E-state index in [0.29, 0.717) is 17.1 Å². The topological polar surface area (TPSA) is 74.5 Å². The second kappa shape index (κ2) is 8.01. The van der Waals surface area contributed by atoms with Crippen LogP contribution in [-0.2, 0) is 0 Å². The maximum atomic E-state index is 13.8. The second-order valence-corrected chi connectivity index (χ2v) is 6.06. The Labute approximate surface area is 153 Å².